The van der Waals surface area contributed by atoms with E-state index in [4.69, 9.17) is 17.3 Å². The first-order valence-corrected chi connectivity index (χ1v) is 6.15. The Bertz CT molecular complexity index is 537. The van der Waals surface area contributed by atoms with Gasteiger partial charge >= 0.3 is 0 Å². The lowest BCUT2D eigenvalue weighted by Crippen LogP contribution is -2.35. The third-order valence-corrected chi connectivity index (χ3v) is 3.36. The Morgan fingerprint density at radius 3 is 2.44 bits per heavy atom. The maximum absolute atomic E-state index is 13.0. The molecular formula is C15H15ClFN. The van der Waals surface area contributed by atoms with Crippen molar-refractivity contribution in [3.8, 4) is 0 Å². The summed E-state index contributed by atoms with van der Waals surface area (Å²) < 4.78 is 13.0. The maximum atomic E-state index is 13.0. The predicted octanol–water partition coefficient (Wildman–Crippen LogP) is 3.90. The van der Waals surface area contributed by atoms with Crippen molar-refractivity contribution in [1.29, 1.82) is 0 Å². The van der Waals surface area contributed by atoms with E-state index in [1.54, 1.807) is 6.07 Å². The van der Waals surface area contributed by atoms with Crippen molar-refractivity contribution in [1.82, 2.24) is 0 Å². The zero-order chi connectivity index (χ0) is 13.2. The van der Waals surface area contributed by atoms with E-state index in [9.17, 15) is 4.39 Å². The lowest BCUT2D eigenvalue weighted by atomic mass is 9.86. The molecule has 0 saturated carbocycles. The average molecular weight is 264 g/mol. The van der Waals surface area contributed by atoms with Crippen LogP contribution in [0.3, 0.4) is 0 Å². The molecule has 0 spiro atoms. The van der Waals surface area contributed by atoms with Crippen LogP contribution in [-0.2, 0) is 12.0 Å². The first-order chi connectivity index (χ1) is 8.49. The van der Waals surface area contributed by atoms with Crippen LogP contribution in [0.25, 0.3) is 0 Å². The van der Waals surface area contributed by atoms with Gasteiger partial charge in [0.15, 0.2) is 0 Å². The first-order valence-electron chi connectivity index (χ1n) is 5.77. The average Bonchev–Trinajstić information content (AvgIpc) is 2.34. The number of benzene rings is 2. The predicted molar refractivity (Wildman–Crippen MR) is 73.1 cm³/mol. The summed E-state index contributed by atoms with van der Waals surface area (Å²) >= 11 is 6.03. The molecule has 0 aliphatic carbocycles. The van der Waals surface area contributed by atoms with Gasteiger partial charge < -0.3 is 5.73 Å². The van der Waals surface area contributed by atoms with Crippen LogP contribution < -0.4 is 5.73 Å². The van der Waals surface area contributed by atoms with Gasteiger partial charge in [-0.25, -0.2) is 4.39 Å². The van der Waals surface area contributed by atoms with E-state index in [0.29, 0.717) is 11.4 Å². The van der Waals surface area contributed by atoms with Crippen molar-refractivity contribution in [2.24, 2.45) is 5.73 Å². The van der Waals surface area contributed by atoms with Crippen LogP contribution in [-0.4, -0.2) is 0 Å². The highest BCUT2D eigenvalue weighted by molar-refractivity contribution is 6.31. The second-order valence-electron chi connectivity index (χ2n) is 4.70. The molecule has 2 rings (SSSR count). The summed E-state index contributed by atoms with van der Waals surface area (Å²) in [5.41, 5.74) is 7.69. The Balaban J connectivity index is 2.28. The van der Waals surface area contributed by atoms with Crippen molar-refractivity contribution in [3.63, 3.8) is 0 Å². The fraction of sp³-hybridized carbons (Fsp3) is 0.200. The molecule has 0 aromatic heterocycles. The second-order valence-corrected chi connectivity index (χ2v) is 5.10. The second kappa shape index (κ2) is 5.09. The van der Waals surface area contributed by atoms with Crippen molar-refractivity contribution >= 4 is 11.6 Å². The largest absolute Gasteiger partial charge is 0.321 e. The summed E-state index contributed by atoms with van der Waals surface area (Å²) in [5.74, 6) is -0.331. The lowest BCUT2D eigenvalue weighted by molar-refractivity contribution is 0.491. The third-order valence-electron chi connectivity index (χ3n) is 3.01. The van der Waals surface area contributed by atoms with Crippen molar-refractivity contribution in [2.75, 3.05) is 0 Å². The summed E-state index contributed by atoms with van der Waals surface area (Å²) in [7, 11) is 0. The molecule has 0 amide bonds. The highest BCUT2D eigenvalue weighted by atomic mass is 35.5. The fourth-order valence-corrected chi connectivity index (χ4v) is 2.22. The lowest BCUT2D eigenvalue weighted by Gasteiger charge is -2.26. The van der Waals surface area contributed by atoms with Crippen LogP contribution in [0, 0.1) is 5.82 Å². The molecule has 94 valence electrons. The number of halogens is 2. The van der Waals surface area contributed by atoms with Crippen molar-refractivity contribution < 1.29 is 4.39 Å². The molecule has 2 aromatic carbocycles. The van der Waals surface area contributed by atoms with Gasteiger partial charge in [0.1, 0.15) is 5.82 Å². The quantitative estimate of drug-likeness (QED) is 0.893. The van der Waals surface area contributed by atoms with E-state index in [1.165, 1.54) is 12.1 Å². The minimum Gasteiger partial charge on any atom is -0.321 e. The van der Waals surface area contributed by atoms with E-state index >= 15 is 0 Å². The molecule has 1 nitrogen and oxygen atoms in total. The van der Waals surface area contributed by atoms with Gasteiger partial charge in [-0.1, -0.05) is 48.0 Å². The van der Waals surface area contributed by atoms with E-state index in [1.807, 2.05) is 37.3 Å². The summed E-state index contributed by atoms with van der Waals surface area (Å²) in [6.07, 6.45) is 0.566. The first kappa shape index (κ1) is 13.1. The van der Waals surface area contributed by atoms with Gasteiger partial charge in [0.25, 0.3) is 0 Å². The van der Waals surface area contributed by atoms with Crippen LogP contribution in [0.15, 0.2) is 48.5 Å². The van der Waals surface area contributed by atoms with Gasteiger partial charge in [-0.2, -0.15) is 0 Å². The summed E-state index contributed by atoms with van der Waals surface area (Å²) in [6, 6.07) is 14.2. The van der Waals surface area contributed by atoms with Gasteiger partial charge in [0, 0.05) is 10.6 Å². The van der Waals surface area contributed by atoms with Crippen LogP contribution >= 0.6 is 11.6 Å². The Hall–Kier alpha value is -1.38. The van der Waals surface area contributed by atoms with Gasteiger partial charge in [-0.15, -0.1) is 0 Å². The van der Waals surface area contributed by atoms with Gasteiger partial charge in [0.2, 0.25) is 0 Å². The zero-order valence-corrected chi connectivity index (χ0v) is 10.9. The Morgan fingerprint density at radius 2 is 1.83 bits per heavy atom. The van der Waals surface area contributed by atoms with E-state index in [0.717, 1.165) is 11.1 Å². The van der Waals surface area contributed by atoms with E-state index in [-0.39, 0.29) is 5.82 Å². The molecule has 0 bridgehead atoms. The molecule has 18 heavy (non-hydrogen) atoms. The van der Waals surface area contributed by atoms with Crippen molar-refractivity contribution in [3.05, 3.63) is 70.5 Å². The topological polar surface area (TPSA) is 26.0 Å². The molecule has 2 N–H and O–H groups in total. The molecule has 2 aromatic rings. The Labute approximate surface area is 111 Å². The molecule has 0 fully saturated rings. The van der Waals surface area contributed by atoms with E-state index in [2.05, 4.69) is 0 Å². The fourth-order valence-electron chi connectivity index (χ4n) is 1.98. The Morgan fingerprint density at radius 1 is 1.17 bits per heavy atom. The van der Waals surface area contributed by atoms with Crippen LogP contribution in [0.4, 0.5) is 4.39 Å². The smallest absolute Gasteiger partial charge is 0.124 e. The van der Waals surface area contributed by atoms with Crippen LogP contribution in [0.5, 0.6) is 0 Å². The maximum Gasteiger partial charge on any atom is 0.124 e. The number of hydrogen-bond acceptors (Lipinski definition) is 1. The highest BCUT2D eigenvalue weighted by Crippen LogP contribution is 2.26. The SMILES string of the molecule is CC(N)(Cc1ccc(F)cc1Cl)c1ccccc1. The Kier molecular flexibility index (Phi) is 3.69. The summed E-state index contributed by atoms with van der Waals surface area (Å²) in [4.78, 5) is 0. The molecule has 1 unspecified atom stereocenters. The summed E-state index contributed by atoms with van der Waals surface area (Å²) in [5, 5.41) is 0.419. The zero-order valence-electron chi connectivity index (χ0n) is 10.2. The van der Waals surface area contributed by atoms with Gasteiger partial charge in [0.05, 0.1) is 0 Å². The van der Waals surface area contributed by atoms with Crippen LogP contribution in [0.2, 0.25) is 5.02 Å². The van der Waals surface area contributed by atoms with Crippen LogP contribution in [0.1, 0.15) is 18.1 Å². The standard InChI is InChI=1S/C15H15ClFN/c1-15(18,12-5-3-2-4-6-12)10-11-7-8-13(17)9-14(11)16/h2-9H,10,18H2,1H3. The number of rotatable bonds is 3. The number of hydrogen-bond donors (Lipinski definition) is 1. The third kappa shape index (κ3) is 2.89. The number of nitrogens with two attached hydrogens (primary N) is 1. The molecule has 0 radical (unpaired) electrons. The molecule has 0 aliphatic rings. The minimum atomic E-state index is -0.525. The molecule has 1 atom stereocenters. The highest BCUT2D eigenvalue weighted by Gasteiger charge is 2.22. The molecule has 3 heteroatoms. The van der Waals surface area contributed by atoms with Gasteiger partial charge in [-0.05, 0) is 36.6 Å². The summed E-state index contributed by atoms with van der Waals surface area (Å²) in [6.45, 7) is 1.95. The molecule has 0 aliphatic heterocycles. The van der Waals surface area contributed by atoms with E-state index < -0.39 is 5.54 Å². The molecular weight excluding hydrogens is 249 g/mol. The molecule has 0 saturated heterocycles. The monoisotopic (exact) mass is 263 g/mol. The van der Waals surface area contributed by atoms with Crippen molar-refractivity contribution in [2.45, 2.75) is 18.9 Å². The van der Waals surface area contributed by atoms with Gasteiger partial charge in [-0.3, -0.25) is 0 Å². The minimum absolute atomic E-state index is 0.331. The normalized spacial score (nSPS) is 14.2. The molecule has 0 heterocycles.